The molecule has 1 aromatic rings. The van der Waals surface area contributed by atoms with Crippen LogP contribution in [0.2, 0.25) is 5.02 Å². The van der Waals surface area contributed by atoms with Crippen molar-refractivity contribution in [2.45, 2.75) is 57.7 Å². The van der Waals surface area contributed by atoms with Gasteiger partial charge in [-0.3, -0.25) is 0 Å². The Kier molecular flexibility index (Phi) is 4.33. The summed E-state index contributed by atoms with van der Waals surface area (Å²) in [5.74, 6) is 0. The highest BCUT2D eigenvalue weighted by molar-refractivity contribution is 6.30. The molecule has 1 heterocycles. The van der Waals surface area contributed by atoms with Crippen LogP contribution in [0.25, 0.3) is 0 Å². The van der Waals surface area contributed by atoms with Gasteiger partial charge in [0.05, 0.1) is 5.60 Å². The van der Waals surface area contributed by atoms with Crippen molar-refractivity contribution >= 4 is 17.7 Å². The topological polar surface area (TPSA) is 49.8 Å². The summed E-state index contributed by atoms with van der Waals surface area (Å²) in [7, 11) is 0. The fraction of sp³-hybridized carbons (Fsp3) is 0.632. The van der Waals surface area contributed by atoms with Gasteiger partial charge in [-0.05, 0) is 69.6 Å². The van der Waals surface area contributed by atoms with Crippen LogP contribution in [0.1, 0.15) is 52.0 Å². The Hall–Kier alpha value is -1.26. The third kappa shape index (κ3) is 3.55. The van der Waals surface area contributed by atoms with Crippen molar-refractivity contribution in [2.24, 2.45) is 5.41 Å². The SMILES string of the molecule is CC(C)(C)OC(=O)N1CCC2(CC1)CC(O)(c1cccc(Cl)c1)C2. The van der Waals surface area contributed by atoms with Crippen LogP contribution in [-0.4, -0.2) is 34.8 Å². The molecule has 0 radical (unpaired) electrons. The van der Waals surface area contributed by atoms with E-state index in [9.17, 15) is 9.90 Å². The highest BCUT2D eigenvalue weighted by atomic mass is 35.5. The molecule has 0 atom stereocenters. The van der Waals surface area contributed by atoms with E-state index in [2.05, 4.69) is 0 Å². The molecule has 2 fully saturated rings. The number of ether oxygens (including phenoxy) is 1. The summed E-state index contributed by atoms with van der Waals surface area (Å²) in [6.45, 7) is 7.04. The van der Waals surface area contributed by atoms with Crippen LogP contribution in [-0.2, 0) is 10.3 Å². The van der Waals surface area contributed by atoms with Crippen LogP contribution in [0.4, 0.5) is 4.79 Å². The standard InChI is InChI=1S/C19H26ClNO3/c1-17(2,3)24-16(22)21-9-7-18(8-10-21)12-19(23,13-18)14-5-4-6-15(20)11-14/h4-6,11,23H,7-10,12-13H2,1-3H3. The third-order valence-electron chi connectivity index (χ3n) is 5.17. The van der Waals surface area contributed by atoms with Gasteiger partial charge in [0.1, 0.15) is 5.60 Å². The van der Waals surface area contributed by atoms with E-state index in [0.717, 1.165) is 31.2 Å². The fourth-order valence-electron chi connectivity index (χ4n) is 4.01. The number of piperidine rings is 1. The summed E-state index contributed by atoms with van der Waals surface area (Å²) in [6.07, 6.45) is 3.07. The predicted molar refractivity (Wildman–Crippen MR) is 94.1 cm³/mol. The maximum atomic E-state index is 12.2. The first-order valence-corrected chi connectivity index (χ1v) is 8.95. The highest BCUT2D eigenvalue weighted by Gasteiger charge is 2.55. The number of amides is 1. The van der Waals surface area contributed by atoms with Gasteiger partial charge in [-0.1, -0.05) is 23.7 Å². The molecule has 0 bridgehead atoms. The highest BCUT2D eigenvalue weighted by Crippen LogP contribution is 2.59. The number of carbonyl (C=O) groups is 1. The molecular formula is C19H26ClNO3. The van der Waals surface area contributed by atoms with E-state index < -0.39 is 11.2 Å². The van der Waals surface area contributed by atoms with E-state index in [1.807, 2.05) is 45.0 Å². The number of aliphatic hydroxyl groups is 1. The first-order chi connectivity index (χ1) is 11.1. The van der Waals surface area contributed by atoms with Gasteiger partial charge in [-0.15, -0.1) is 0 Å². The zero-order chi connectivity index (χ0) is 17.6. The van der Waals surface area contributed by atoms with Gasteiger partial charge >= 0.3 is 6.09 Å². The van der Waals surface area contributed by atoms with Crippen molar-refractivity contribution in [3.05, 3.63) is 34.9 Å². The van der Waals surface area contributed by atoms with Gasteiger partial charge in [0.15, 0.2) is 0 Å². The first kappa shape index (κ1) is 17.6. The minimum atomic E-state index is -0.779. The number of benzene rings is 1. The maximum absolute atomic E-state index is 12.2. The van der Waals surface area contributed by atoms with Gasteiger partial charge < -0.3 is 14.7 Å². The van der Waals surface area contributed by atoms with E-state index in [1.54, 1.807) is 4.90 Å². The average Bonchev–Trinajstić information content (AvgIpc) is 2.44. The second-order valence-electron chi connectivity index (χ2n) is 8.36. The summed E-state index contributed by atoms with van der Waals surface area (Å²) >= 11 is 6.05. The fourth-order valence-corrected chi connectivity index (χ4v) is 4.20. The molecule has 0 aromatic heterocycles. The Morgan fingerprint density at radius 1 is 1.25 bits per heavy atom. The molecule has 132 valence electrons. The molecule has 0 unspecified atom stereocenters. The van der Waals surface area contributed by atoms with Crippen molar-refractivity contribution in [2.75, 3.05) is 13.1 Å². The average molecular weight is 352 g/mol. The van der Waals surface area contributed by atoms with Crippen LogP contribution < -0.4 is 0 Å². The number of nitrogens with zero attached hydrogens (tertiary/aromatic N) is 1. The Balaban J connectivity index is 1.58. The van der Waals surface area contributed by atoms with Crippen LogP contribution in [0.3, 0.4) is 0 Å². The van der Waals surface area contributed by atoms with E-state index in [0.29, 0.717) is 18.1 Å². The lowest BCUT2D eigenvalue weighted by Crippen LogP contribution is -2.55. The van der Waals surface area contributed by atoms with Crippen LogP contribution in [0.5, 0.6) is 0 Å². The van der Waals surface area contributed by atoms with Gasteiger partial charge in [-0.25, -0.2) is 4.79 Å². The second kappa shape index (κ2) is 5.92. The molecule has 1 aliphatic heterocycles. The quantitative estimate of drug-likeness (QED) is 0.818. The molecule has 1 N–H and O–H groups in total. The maximum Gasteiger partial charge on any atom is 0.410 e. The van der Waals surface area contributed by atoms with Gasteiger partial charge in [0.2, 0.25) is 0 Å². The monoisotopic (exact) mass is 351 g/mol. The number of hydrogen-bond acceptors (Lipinski definition) is 3. The number of likely N-dealkylation sites (tertiary alicyclic amines) is 1. The number of carbonyl (C=O) groups excluding carboxylic acids is 1. The molecule has 4 nitrogen and oxygen atoms in total. The minimum absolute atomic E-state index is 0.135. The summed E-state index contributed by atoms with van der Waals surface area (Å²) in [5, 5.41) is 11.5. The number of hydrogen-bond donors (Lipinski definition) is 1. The van der Waals surface area contributed by atoms with Gasteiger partial charge in [-0.2, -0.15) is 0 Å². The van der Waals surface area contributed by atoms with Crippen molar-refractivity contribution in [1.29, 1.82) is 0 Å². The molecule has 3 rings (SSSR count). The number of rotatable bonds is 1. The van der Waals surface area contributed by atoms with E-state index >= 15 is 0 Å². The second-order valence-corrected chi connectivity index (χ2v) is 8.80. The van der Waals surface area contributed by atoms with E-state index in [1.165, 1.54) is 0 Å². The molecule has 1 saturated carbocycles. The lowest BCUT2D eigenvalue weighted by Gasteiger charge is -2.56. The van der Waals surface area contributed by atoms with Gasteiger partial charge in [0.25, 0.3) is 0 Å². The van der Waals surface area contributed by atoms with E-state index in [-0.39, 0.29) is 11.5 Å². The molecule has 1 aliphatic carbocycles. The molecule has 1 aromatic carbocycles. The molecule has 2 aliphatic rings. The zero-order valence-electron chi connectivity index (χ0n) is 14.6. The Bertz CT molecular complexity index is 622. The van der Waals surface area contributed by atoms with Crippen molar-refractivity contribution in [1.82, 2.24) is 4.90 Å². The molecule has 1 saturated heterocycles. The predicted octanol–water partition coefficient (Wildman–Crippen LogP) is 4.34. The van der Waals surface area contributed by atoms with Crippen molar-refractivity contribution in [3.63, 3.8) is 0 Å². The van der Waals surface area contributed by atoms with Crippen LogP contribution in [0.15, 0.2) is 24.3 Å². The summed E-state index contributed by atoms with van der Waals surface area (Å²) in [6, 6.07) is 7.49. The lowest BCUT2D eigenvalue weighted by molar-refractivity contribution is -0.154. The Morgan fingerprint density at radius 3 is 2.42 bits per heavy atom. The largest absolute Gasteiger partial charge is 0.444 e. The summed E-state index contributed by atoms with van der Waals surface area (Å²) < 4.78 is 5.44. The Morgan fingerprint density at radius 2 is 1.88 bits per heavy atom. The van der Waals surface area contributed by atoms with Crippen molar-refractivity contribution in [3.8, 4) is 0 Å². The van der Waals surface area contributed by atoms with Crippen LogP contribution >= 0.6 is 11.6 Å². The third-order valence-corrected chi connectivity index (χ3v) is 5.41. The molecular weight excluding hydrogens is 326 g/mol. The normalized spacial score (nSPS) is 22.1. The summed E-state index contributed by atoms with van der Waals surface area (Å²) in [5.41, 5.74) is -0.209. The van der Waals surface area contributed by atoms with Crippen LogP contribution in [0, 0.1) is 5.41 Å². The minimum Gasteiger partial charge on any atom is -0.444 e. The van der Waals surface area contributed by atoms with Gasteiger partial charge in [0, 0.05) is 18.1 Å². The zero-order valence-corrected chi connectivity index (χ0v) is 15.4. The molecule has 1 amide bonds. The smallest absolute Gasteiger partial charge is 0.410 e. The first-order valence-electron chi connectivity index (χ1n) is 8.57. The summed E-state index contributed by atoms with van der Waals surface area (Å²) in [4.78, 5) is 13.9. The molecule has 5 heteroatoms. The molecule has 1 spiro atoms. The lowest BCUT2D eigenvalue weighted by atomic mass is 9.53. The van der Waals surface area contributed by atoms with E-state index in [4.69, 9.17) is 16.3 Å². The Labute approximate surface area is 148 Å². The van der Waals surface area contributed by atoms with Crippen molar-refractivity contribution < 1.29 is 14.6 Å². The molecule has 24 heavy (non-hydrogen) atoms. The number of halogens is 1.